The van der Waals surface area contributed by atoms with Gasteiger partial charge in [-0.15, -0.1) is 0 Å². The third-order valence-electron chi connectivity index (χ3n) is 1.45. The predicted molar refractivity (Wildman–Crippen MR) is 79.7 cm³/mol. The Labute approximate surface area is 179 Å². The van der Waals surface area contributed by atoms with Crippen LogP contribution in [0.2, 0.25) is 0 Å². The molecule has 0 amide bonds. The molecule has 0 spiro atoms. The largest absolute Gasteiger partial charge is 6.00 e. The van der Waals surface area contributed by atoms with E-state index in [0.29, 0.717) is 0 Å². The molecule has 0 saturated carbocycles. The van der Waals surface area contributed by atoms with Gasteiger partial charge in [-0.25, -0.2) is 0 Å². The molecule has 0 aliphatic rings. The molecule has 4 nitrogen and oxygen atoms in total. The van der Waals surface area contributed by atoms with Crippen LogP contribution in [0.4, 0.5) is 0 Å². The summed E-state index contributed by atoms with van der Waals surface area (Å²) in [7, 11) is 0. The Hall–Kier alpha value is -1.30. The second kappa shape index (κ2) is 75.7. The summed E-state index contributed by atoms with van der Waals surface area (Å²) in [5.41, 5.74) is 0. The quantitative estimate of drug-likeness (QED) is 0.310. The van der Waals surface area contributed by atoms with E-state index in [4.69, 9.17) is 18.6 Å². The van der Waals surface area contributed by atoms with Gasteiger partial charge in [0.1, 0.15) is 0 Å². The predicted octanol–water partition coefficient (Wildman–Crippen LogP) is 3.27. The summed E-state index contributed by atoms with van der Waals surface area (Å²) < 4.78 is 30.0. The topological polar surface area (TPSA) is 79.6 Å². The van der Waals surface area contributed by atoms with Gasteiger partial charge >= 0.3 is 79.3 Å². The van der Waals surface area contributed by atoms with Crippen LogP contribution in [0.1, 0.15) is 25.7 Å². The maximum Gasteiger partial charge on any atom is 6.00 e. The molecule has 0 heterocycles. The summed E-state index contributed by atoms with van der Waals surface area (Å²) in [5, 5.41) is 0. The van der Waals surface area contributed by atoms with Gasteiger partial charge < -0.3 is 74.5 Å². The Bertz CT molecular complexity index is 327. The first kappa shape index (κ1) is 44.3. The standard InChI is InChI=1S/C6H12.2C5H.4CO.2Fe/c1-3-5-6-4-2;2*1-2-4-5-3-1;4*1-2;;/h1-6H2;2*1H;;;;;;/q-2;2*-5;;;;;2*+6. The number of rotatable bonds is 3. The minimum Gasteiger partial charge on any atom is -0.999 e. The molecule has 0 aliphatic heterocycles. The summed E-state index contributed by atoms with van der Waals surface area (Å²) in [4.78, 5) is 0. The maximum atomic E-state index is 7.50. The van der Waals surface area contributed by atoms with E-state index < -0.39 is 0 Å². The molecule has 0 bridgehead atoms. The fraction of sp³-hybridized carbons (Fsp3) is 0.200. The first-order chi connectivity index (χ1) is 11.9. The summed E-state index contributed by atoms with van der Waals surface area (Å²) in [6, 6.07) is 24.0. The van der Waals surface area contributed by atoms with Gasteiger partial charge in [-0.05, 0) is 0 Å². The van der Waals surface area contributed by atoms with Crippen molar-refractivity contribution in [2.75, 3.05) is 0 Å². The molecule has 2 rings (SSSR count). The van der Waals surface area contributed by atoms with E-state index in [9.17, 15) is 0 Å². The van der Waals surface area contributed by atoms with Crippen molar-refractivity contribution in [2.24, 2.45) is 0 Å². The summed E-state index contributed by atoms with van der Waals surface area (Å²) in [6.45, 7) is 25.4. The van der Waals surface area contributed by atoms with Crippen LogP contribution in [0, 0.1) is 89.0 Å². The van der Waals surface area contributed by atoms with Gasteiger partial charge in [0, 0.05) is 0 Å². The monoisotopic (exact) mass is 430 g/mol. The Balaban J connectivity index is -0.0000000339. The fourth-order valence-corrected chi connectivity index (χ4v) is 0.714. The molecule has 0 N–H and O–H groups in total. The van der Waals surface area contributed by atoms with Gasteiger partial charge in [-0.3, -0.25) is 0 Å². The molecule has 26 heavy (non-hydrogen) atoms. The van der Waals surface area contributed by atoms with Crippen LogP contribution < -0.4 is 0 Å². The van der Waals surface area contributed by atoms with Crippen molar-refractivity contribution in [2.45, 2.75) is 25.7 Å². The van der Waals surface area contributed by atoms with Crippen LogP contribution in [0.3, 0.4) is 0 Å². The molecule has 0 radical (unpaired) electrons. The van der Waals surface area contributed by atoms with Crippen LogP contribution in [0.5, 0.6) is 0 Å². The molecule has 6 heteroatoms. The Kier molecular flexibility index (Phi) is 129. The molecule has 0 fully saturated rings. The van der Waals surface area contributed by atoms with Crippen molar-refractivity contribution in [1.82, 2.24) is 0 Å². The van der Waals surface area contributed by atoms with Crippen LogP contribution >= 0.6 is 0 Å². The van der Waals surface area contributed by atoms with E-state index in [1.807, 2.05) is 0 Å². The molecule has 2 aromatic carbocycles. The molecule has 0 saturated heterocycles. The van der Waals surface area contributed by atoms with E-state index in [2.05, 4.69) is 89.0 Å². The normalized spacial score (nSPS) is 5.46. The van der Waals surface area contributed by atoms with Gasteiger partial charge in [0.2, 0.25) is 0 Å². The van der Waals surface area contributed by atoms with Gasteiger partial charge in [-0.1, -0.05) is 12.8 Å². The van der Waals surface area contributed by atoms with E-state index in [-0.39, 0.29) is 34.1 Å². The van der Waals surface area contributed by atoms with Gasteiger partial charge in [0.05, 0.1) is 0 Å². The van der Waals surface area contributed by atoms with E-state index in [1.165, 1.54) is 12.8 Å². The zero-order valence-electron chi connectivity index (χ0n) is 13.7. The average Bonchev–Trinajstić information content (AvgIpc) is 3.45. The second-order valence-corrected chi connectivity index (χ2v) is 2.78. The molecule has 0 aromatic heterocycles. The van der Waals surface area contributed by atoms with Crippen molar-refractivity contribution in [3.8, 4) is 0 Å². The Morgan fingerprint density at radius 2 is 0.731 bits per heavy atom. The minimum atomic E-state index is 0. The number of unbranched alkanes of at least 4 members (excludes halogenated alkanes) is 3. The molecular weight excluding hydrogens is 416 g/mol. The van der Waals surface area contributed by atoms with Crippen molar-refractivity contribution in [3.05, 3.63) is 101 Å². The van der Waals surface area contributed by atoms with E-state index in [0.717, 1.165) is 12.8 Å². The smallest absolute Gasteiger partial charge is 0.999 e. The van der Waals surface area contributed by atoms with Crippen LogP contribution in [0.25, 0.3) is 0 Å². The van der Waals surface area contributed by atoms with Gasteiger partial charge in [0.25, 0.3) is 0 Å². The third kappa shape index (κ3) is 78.1. The second-order valence-electron chi connectivity index (χ2n) is 2.78. The van der Waals surface area contributed by atoms with Gasteiger partial charge in [0.15, 0.2) is 0 Å². The molecule has 0 unspecified atom stereocenters. The zero-order chi connectivity index (χ0) is 19.9. The first-order valence-corrected chi connectivity index (χ1v) is 5.97. The zero-order valence-corrected chi connectivity index (χ0v) is 15.9. The van der Waals surface area contributed by atoms with Crippen molar-refractivity contribution in [1.29, 1.82) is 0 Å². The van der Waals surface area contributed by atoms with Crippen molar-refractivity contribution in [3.63, 3.8) is 0 Å². The van der Waals surface area contributed by atoms with E-state index in [1.54, 1.807) is 12.1 Å². The molecule has 134 valence electrons. The average molecular weight is 430 g/mol. The SMILES string of the molecule is [C-]#[O+].[C-]#[O+].[C-]#[O+].[C-]#[O+].[CH2-]CCCC[CH2-].[Fe+6].[Fe+6].[c-]1[c-][c-][cH-][c-]1.[c-]1[c-][c-][cH-][c-]1. The van der Waals surface area contributed by atoms with Crippen LogP contribution in [0.15, 0.2) is 12.1 Å². The summed E-state index contributed by atoms with van der Waals surface area (Å²) in [6.07, 6.45) is 4.61. The Morgan fingerprint density at radius 1 is 0.538 bits per heavy atom. The van der Waals surface area contributed by atoms with Crippen LogP contribution in [-0.2, 0) is 52.7 Å². The minimum absolute atomic E-state index is 0. The molecular formula is C20H14Fe2O4. The van der Waals surface area contributed by atoms with Crippen LogP contribution in [-0.4, -0.2) is 0 Å². The summed E-state index contributed by atoms with van der Waals surface area (Å²) in [5.74, 6) is 0. The number of hydrogen-bond donors (Lipinski definition) is 0. The molecule has 0 aliphatic carbocycles. The summed E-state index contributed by atoms with van der Waals surface area (Å²) >= 11 is 0. The number of hydrogen-bond acceptors (Lipinski definition) is 0. The fourth-order valence-electron chi connectivity index (χ4n) is 0.714. The maximum absolute atomic E-state index is 7.50. The molecule has 0 atom stereocenters. The van der Waals surface area contributed by atoms with E-state index >= 15 is 0 Å². The molecule has 2 aromatic rings. The van der Waals surface area contributed by atoms with Crippen molar-refractivity contribution >= 4 is 0 Å². The Morgan fingerprint density at radius 3 is 0.808 bits per heavy atom. The first-order valence-electron chi connectivity index (χ1n) is 5.97. The third-order valence-corrected chi connectivity index (χ3v) is 1.45. The van der Waals surface area contributed by atoms with Crippen molar-refractivity contribution < 1.29 is 52.7 Å². The van der Waals surface area contributed by atoms with Gasteiger partial charge in [-0.2, -0.15) is 12.8 Å².